The molecule has 107 valence electrons. The molecule has 1 aliphatic heterocycles. The van der Waals surface area contributed by atoms with Crippen molar-refractivity contribution in [2.75, 3.05) is 0 Å². The monoisotopic (exact) mass is 284 g/mol. The van der Waals surface area contributed by atoms with Gasteiger partial charge in [-0.3, -0.25) is 0 Å². The van der Waals surface area contributed by atoms with Gasteiger partial charge in [0.25, 0.3) is 0 Å². The lowest BCUT2D eigenvalue weighted by Crippen LogP contribution is -2.20. The van der Waals surface area contributed by atoms with Crippen molar-refractivity contribution in [2.24, 2.45) is 0 Å². The molecule has 1 aliphatic rings. The molecule has 0 N–H and O–H groups in total. The summed E-state index contributed by atoms with van der Waals surface area (Å²) in [6.45, 7) is 2.29. The lowest BCUT2D eigenvalue weighted by atomic mass is 9.93. The Kier molecular flexibility index (Phi) is 6.33. The van der Waals surface area contributed by atoms with E-state index in [2.05, 4.69) is 25.1 Å². The van der Waals surface area contributed by atoms with Crippen LogP contribution in [0.5, 0.6) is 0 Å². The molecule has 1 fully saturated rings. The summed E-state index contributed by atoms with van der Waals surface area (Å²) < 4.78 is 0. The SMILES string of the molecule is CCCCCC[Si]1CCC(c2ccc(C#N)cc2)CC1. The quantitative estimate of drug-likeness (QED) is 0.499. The first-order valence-corrected chi connectivity index (χ1v) is 10.3. The number of benzene rings is 1. The molecule has 1 radical (unpaired) electrons. The van der Waals surface area contributed by atoms with Gasteiger partial charge in [0.1, 0.15) is 0 Å². The van der Waals surface area contributed by atoms with Gasteiger partial charge in [0, 0.05) is 8.80 Å². The fourth-order valence-corrected chi connectivity index (χ4v) is 6.25. The Hall–Kier alpha value is -1.07. The molecule has 0 aliphatic carbocycles. The highest BCUT2D eigenvalue weighted by Crippen LogP contribution is 2.35. The van der Waals surface area contributed by atoms with Crippen molar-refractivity contribution >= 4 is 8.80 Å². The summed E-state index contributed by atoms with van der Waals surface area (Å²) in [5.74, 6) is 0.757. The van der Waals surface area contributed by atoms with E-state index in [0.29, 0.717) is 0 Å². The average Bonchev–Trinajstić information content (AvgIpc) is 2.52. The third-order valence-electron chi connectivity index (χ3n) is 4.59. The maximum atomic E-state index is 8.85. The topological polar surface area (TPSA) is 23.8 Å². The largest absolute Gasteiger partial charge is 0.192 e. The second-order valence-corrected chi connectivity index (χ2v) is 9.07. The zero-order valence-electron chi connectivity index (χ0n) is 12.7. The predicted molar refractivity (Wildman–Crippen MR) is 87.4 cm³/mol. The van der Waals surface area contributed by atoms with Crippen LogP contribution in [-0.2, 0) is 0 Å². The van der Waals surface area contributed by atoms with E-state index in [4.69, 9.17) is 5.26 Å². The smallest absolute Gasteiger partial charge is 0.0991 e. The van der Waals surface area contributed by atoms with Gasteiger partial charge in [0.2, 0.25) is 0 Å². The molecule has 2 heteroatoms. The fourth-order valence-electron chi connectivity index (χ4n) is 3.24. The summed E-state index contributed by atoms with van der Waals surface area (Å²) in [5, 5.41) is 8.85. The van der Waals surface area contributed by atoms with Crippen LogP contribution in [0, 0.1) is 11.3 Å². The van der Waals surface area contributed by atoms with Crippen LogP contribution < -0.4 is 0 Å². The molecule has 0 saturated carbocycles. The van der Waals surface area contributed by atoms with E-state index >= 15 is 0 Å². The van der Waals surface area contributed by atoms with Gasteiger partial charge in [0.05, 0.1) is 11.6 Å². The molecule has 2 rings (SSSR count). The van der Waals surface area contributed by atoms with E-state index in [0.717, 1.165) is 11.5 Å². The van der Waals surface area contributed by atoms with Crippen LogP contribution in [0.15, 0.2) is 24.3 Å². The Morgan fingerprint density at radius 2 is 1.80 bits per heavy atom. The fraction of sp³-hybridized carbons (Fsp3) is 0.611. The second kappa shape index (κ2) is 8.27. The van der Waals surface area contributed by atoms with Crippen molar-refractivity contribution < 1.29 is 0 Å². The minimum absolute atomic E-state index is 0.0330. The maximum Gasteiger partial charge on any atom is 0.0991 e. The van der Waals surface area contributed by atoms with E-state index in [1.165, 1.54) is 56.2 Å². The second-order valence-electron chi connectivity index (χ2n) is 6.07. The average molecular weight is 284 g/mol. The van der Waals surface area contributed by atoms with Gasteiger partial charge in [-0.1, -0.05) is 62.9 Å². The molecule has 0 atom stereocenters. The normalized spacial score (nSPS) is 17.0. The Labute approximate surface area is 125 Å². The number of hydrogen-bond acceptors (Lipinski definition) is 1. The van der Waals surface area contributed by atoms with Crippen molar-refractivity contribution in [2.45, 2.75) is 69.5 Å². The molecular formula is C18H26NSi. The van der Waals surface area contributed by atoms with E-state index in [1.807, 2.05) is 12.1 Å². The van der Waals surface area contributed by atoms with E-state index < -0.39 is 0 Å². The summed E-state index contributed by atoms with van der Waals surface area (Å²) in [6, 6.07) is 15.0. The molecule has 0 aromatic heterocycles. The van der Waals surface area contributed by atoms with Gasteiger partial charge < -0.3 is 0 Å². The van der Waals surface area contributed by atoms with Crippen LogP contribution in [0.4, 0.5) is 0 Å². The van der Waals surface area contributed by atoms with Crippen molar-refractivity contribution in [1.82, 2.24) is 0 Å². The highest BCUT2D eigenvalue weighted by atomic mass is 28.3. The Morgan fingerprint density at radius 1 is 1.10 bits per heavy atom. The van der Waals surface area contributed by atoms with Crippen LogP contribution in [0.3, 0.4) is 0 Å². The minimum atomic E-state index is -0.0330. The van der Waals surface area contributed by atoms with Crippen molar-refractivity contribution in [3.63, 3.8) is 0 Å². The molecule has 0 unspecified atom stereocenters. The van der Waals surface area contributed by atoms with E-state index in [-0.39, 0.29) is 8.80 Å². The molecule has 0 spiro atoms. The summed E-state index contributed by atoms with van der Waals surface area (Å²) in [6.07, 6.45) is 8.46. The minimum Gasteiger partial charge on any atom is -0.192 e. The first-order valence-electron chi connectivity index (χ1n) is 8.17. The molecular weight excluding hydrogens is 258 g/mol. The zero-order chi connectivity index (χ0) is 14.2. The lowest BCUT2D eigenvalue weighted by Gasteiger charge is -2.27. The Bertz CT molecular complexity index is 424. The third-order valence-corrected chi connectivity index (χ3v) is 7.64. The Morgan fingerprint density at radius 3 is 2.40 bits per heavy atom. The number of nitrogens with zero attached hydrogens (tertiary/aromatic N) is 1. The third kappa shape index (κ3) is 4.49. The molecule has 1 heterocycles. The highest BCUT2D eigenvalue weighted by molar-refractivity contribution is 6.59. The van der Waals surface area contributed by atoms with Crippen LogP contribution in [-0.4, -0.2) is 8.80 Å². The summed E-state index contributed by atoms with van der Waals surface area (Å²) in [5.41, 5.74) is 2.24. The number of rotatable bonds is 6. The number of nitriles is 1. The van der Waals surface area contributed by atoms with Gasteiger partial charge in [-0.2, -0.15) is 5.26 Å². The van der Waals surface area contributed by atoms with Crippen LogP contribution in [0.25, 0.3) is 0 Å². The lowest BCUT2D eigenvalue weighted by molar-refractivity contribution is 0.602. The Balaban J connectivity index is 1.74. The molecule has 0 bridgehead atoms. The van der Waals surface area contributed by atoms with Crippen molar-refractivity contribution in [3.8, 4) is 6.07 Å². The molecule has 0 amide bonds. The first kappa shape index (κ1) is 15.3. The number of hydrogen-bond donors (Lipinski definition) is 0. The van der Waals surface area contributed by atoms with Crippen LogP contribution >= 0.6 is 0 Å². The van der Waals surface area contributed by atoms with Gasteiger partial charge in [0.15, 0.2) is 0 Å². The summed E-state index contributed by atoms with van der Waals surface area (Å²) in [4.78, 5) is 0. The molecule has 1 saturated heterocycles. The molecule has 1 aromatic carbocycles. The molecule has 1 nitrogen and oxygen atoms in total. The van der Waals surface area contributed by atoms with E-state index in [1.54, 1.807) is 6.04 Å². The van der Waals surface area contributed by atoms with Gasteiger partial charge >= 0.3 is 0 Å². The maximum absolute atomic E-state index is 8.85. The standard InChI is InChI=1S/C18H26NSi/c1-2-3-4-5-12-20-13-10-18(11-14-20)17-8-6-16(15-19)7-9-17/h6-9,18H,2-5,10-14H2,1H3. The van der Waals surface area contributed by atoms with E-state index in [9.17, 15) is 0 Å². The van der Waals surface area contributed by atoms with Crippen LogP contribution in [0.1, 0.15) is 62.5 Å². The van der Waals surface area contributed by atoms with Crippen LogP contribution in [0.2, 0.25) is 18.1 Å². The highest BCUT2D eigenvalue weighted by Gasteiger charge is 2.23. The molecule has 20 heavy (non-hydrogen) atoms. The van der Waals surface area contributed by atoms with Gasteiger partial charge in [-0.25, -0.2) is 0 Å². The van der Waals surface area contributed by atoms with Gasteiger partial charge in [-0.05, 0) is 36.5 Å². The summed E-state index contributed by atoms with van der Waals surface area (Å²) in [7, 11) is -0.0330. The summed E-state index contributed by atoms with van der Waals surface area (Å²) >= 11 is 0. The zero-order valence-corrected chi connectivity index (χ0v) is 13.7. The number of unbranched alkanes of at least 4 members (excludes halogenated alkanes) is 3. The first-order chi connectivity index (χ1) is 9.83. The van der Waals surface area contributed by atoms with Gasteiger partial charge in [-0.15, -0.1) is 0 Å². The predicted octanol–water partition coefficient (Wildman–Crippen LogP) is 5.51. The molecule has 1 aromatic rings. The van der Waals surface area contributed by atoms with Crippen molar-refractivity contribution in [3.05, 3.63) is 35.4 Å². The van der Waals surface area contributed by atoms with Crippen molar-refractivity contribution in [1.29, 1.82) is 5.26 Å².